The van der Waals surface area contributed by atoms with Gasteiger partial charge in [0.2, 0.25) is 6.23 Å². The molecule has 1 aliphatic heterocycles. The maximum Gasteiger partial charge on any atom is 0.308 e. The average molecular weight is 468 g/mol. The fourth-order valence-corrected chi connectivity index (χ4v) is 4.57. The molecule has 1 fully saturated rings. The van der Waals surface area contributed by atoms with Gasteiger partial charge >= 0.3 is 6.02 Å². The highest BCUT2D eigenvalue weighted by molar-refractivity contribution is 6.04. The molecule has 2 aromatic rings. The van der Waals surface area contributed by atoms with Gasteiger partial charge in [-0.3, -0.25) is 9.80 Å². The van der Waals surface area contributed by atoms with Crippen LogP contribution in [-0.4, -0.2) is 55.1 Å². The second-order valence-electron chi connectivity index (χ2n) is 9.06. The van der Waals surface area contributed by atoms with E-state index in [0.29, 0.717) is 11.7 Å². The van der Waals surface area contributed by atoms with E-state index in [2.05, 4.69) is 27.7 Å². The minimum absolute atomic E-state index is 0.0134. The molecule has 0 radical (unpaired) electrons. The number of nitrogens with zero attached hydrogens (tertiary/aromatic N) is 3. The molecule has 182 valence electrons. The van der Waals surface area contributed by atoms with Crippen LogP contribution < -0.4 is 10.6 Å². The number of hydrogen-bond acceptors (Lipinski definition) is 6. The van der Waals surface area contributed by atoms with Crippen molar-refractivity contribution in [3.05, 3.63) is 65.5 Å². The van der Waals surface area contributed by atoms with Gasteiger partial charge in [0, 0.05) is 30.9 Å². The summed E-state index contributed by atoms with van der Waals surface area (Å²) >= 11 is 0. The van der Waals surface area contributed by atoms with E-state index in [9.17, 15) is 9.18 Å². The van der Waals surface area contributed by atoms with Gasteiger partial charge in [-0.15, -0.1) is 5.10 Å². The summed E-state index contributed by atoms with van der Waals surface area (Å²) in [6.45, 7) is 1.86. The molecule has 7 nitrogen and oxygen atoms in total. The maximum absolute atomic E-state index is 13.8. The number of carbonyl (C=O) groups is 1. The van der Waals surface area contributed by atoms with Crippen LogP contribution in [0, 0.1) is 5.82 Å². The van der Waals surface area contributed by atoms with Crippen molar-refractivity contribution in [2.75, 3.05) is 32.5 Å². The van der Waals surface area contributed by atoms with E-state index in [-0.39, 0.29) is 11.8 Å². The number of benzene rings is 2. The summed E-state index contributed by atoms with van der Waals surface area (Å²) in [6.07, 6.45) is 7.40. The monoisotopic (exact) mass is 467 g/mol. The Bertz CT molecular complexity index is 991. The Balaban J connectivity index is 1.23. The van der Waals surface area contributed by atoms with Crippen molar-refractivity contribution in [1.82, 2.24) is 15.2 Å². The summed E-state index contributed by atoms with van der Waals surface area (Å²) in [4.78, 5) is 14.8. The average Bonchev–Trinajstić information content (AvgIpc) is 3.23. The highest BCUT2D eigenvalue weighted by atomic mass is 19.1. The van der Waals surface area contributed by atoms with Crippen molar-refractivity contribution in [1.29, 1.82) is 0 Å². The minimum Gasteiger partial charge on any atom is -0.434 e. The molecule has 2 aromatic carbocycles. The molecule has 1 aliphatic carbocycles. The van der Waals surface area contributed by atoms with E-state index >= 15 is 0 Å². The third-order valence-corrected chi connectivity index (χ3v) is 6.55. The Morgan fingerprint density at radius 1 is 1.15 bits per heavy atom. The topological polar surface area (TPSA) is 69.2 Å². The Kier molecular flexibility index (Phi) is 8.00. The molecule has 1 saturated carbocycles. The summed E-state index contributed by atoms with van der Waals surface area (Å²) < 4.78 is 19.8. The lowest BCUT2D eigenvalue weighted by Crippen LogP contribution is -2.35. The first-order chi connectivity index (χ1) is 16.5. The lowest BCUT2D eigenvalue weighted by molar-refractivity contribution is 0.0745. The van der Waals surface area contributed by atoms with Crippen LogP contribution in [-0.2, 0) is 4.74 Å². The van der Waals surface area contributed by atoms with Crippen LogP contribution in [0.4, 0.5) is 10.1 Å². The van der Waals surface area contributed by atoms with Crippen LogP contribution in [0.1, 0.15) is 60.7 Å². The van der Waals surface area contributed by atoms with Crippen LogP contribution in [0.5, 0.6) is 0 Å². The van der Waals surface area contributed by atoms with Gasteiger partial charge in [-0.1, -0.05) is 43.5 Å². The molecule has 1 unspecified atom stereocenters. The van der Waals surface area contributed by atoms with Crippen molar-refractivity contribution in [2.24, 2.45) is 5.10 Å². The molecule has 0 spiro atoms. The number of ether oxygens (including phenoxy) is 1. The highest BCUT2D eigenvalue weighted by Gasteiger charge is 2.26. The molecule has 1 heterocycles. The van der Waals surface area contributed by atoms with Gasteiger partial charge in [0.05, 0.1) is 5.56 Å². The van der Waals surface area contributed by atoms with Gasteiger partial charge in [-0.2, -0.15) is 0 Å². The Hall–Kier alpha value is -3.13. The van der Waals surface area contributed by atoms with Crippen molar-refractivity contribution in [3.8, 4) is 0 Å². The Labute approximate surface area is 201 Å². The fourth-order valence-electron chi connectivity index (χ4n) is 4.57. The Morgan fingerprint density at radius 3 is 2.62 bits per heavy atom. The van der Waals surface area contributed by atoms with Crippen molar-refractivity contribution in [2.45, 2.75) is 50.8 Å². The maximum atomic E-state index is 13.8. The van der Waals surface area contributed by atoms with E-state index in [1.165, 1.54) is 44.2 Å². The number of nitrogens with one attached hydrogen (secondary N) is 2. The van der Waals surface area contributed by atoms with Crippen LogP contribution in [0.15, 0.2) is 53.6 Å². The van der Waals surface area contributed by atoms with Crippen molar-refractivity contribution >= 4 is 17.6 Å². The number of hydrogen-bond donors (Lipinski definition) is 2. The zero-order valence-corrected chi connectivity index (χ0v) is 20.0. The largest absolute Gasteiger partial charge is 0.434 e. The summed E-state index contributed by atoms with van der Waals surface area (Å²) in [6, 6.07) is 14.5. The normalized spacial score (nSPS) is 18.5. The van der Waals surface area contributed by atoms with Gasteiger partial charge in [-0.25, -0.2) is 4.39 Å². The van der Waals surface area contributed by atoms with E-state index in [1.54, 1.807) is 29.3 Å². The second kappa shape index (κ2) is 11.3. The number of rotatable bonds is 8. The van der Waals surface area contributed by atoms with Crippen molar-refractivity contribution < 1.29 is 13.9 Å². The quantitative estimate of drug-likeness (QED) is 0.558. The predicted octanol–water partition coefficient (Wildman–Crippen LogP) is 4.55. The van der Waals surface area contributed by atoms with Gasteiger partial charge in [-0.05, 0) is 57.1 Å². The molecule has 2 aliphatic rings. The number of carbonyl (C=O) groups excluding carboxylic acids is 1. The van der Waals surface area contributed by atoms with E-state index < -0.39 is 11.7 Å². The predicted molar refractivity (Wildman–Crippen MR) is 132 cm³/mol. The number of amides is 1. The number of hydrazone groups is 1. The SMILES string of the molecule is CN(CCCNC1=NN(C)C(c2ccc(NC(=O)c3ccccc3F)cc2)O1)C1CCCCC1. The van der Waals surface area contributed by atoms with E-state index in [1.807, 2.05) is 19.2 Å². The van der Waals surface area contributed by atoms with Gasteiger partial charge in [0.15, 0.2) is 0 Å². The zero-order valence-electron chi connectivity index (χ0n) is 20.0. The lowest BCUT2D eigenvalue weighted by atomic mass is 9.94. The molecular weight excluding hydrogens is 433 g/mol. The fraction of sp³-hybridized carbons (Fsp3) is 0.462. The van der Waals surface area contributed by atoms with Crippen LogP contribution in [0.2, 0.25) is 0 Å². The van der Waals surface area contributed by atoms with Gasteiger partial charge < -0.3 is 20.3 Å². The first-order valence-corrected chi connectivity index (χ1v) is 12.1. The summed E-state index contributed by atoms with van der Waals surface area (Å²) in [5, 5.41) is 12.3. The molecule has 0 saturated heterocycles. The second-order valence-corrected chi connectivity index (χ2v) is 9.06. The van der Waals surface area contributed by atoms with Crippen LogP contribution in [0.25, 0.3) is 0 Å². The molecule has 0 aromatic heterocycles. The molecule has 2 N–H and O–H groups in total. The van der Waals surface area contributed by atoms with Gasteiger partial charge in [0.25, 0.3) is 5.91 Å². The zero-order chi connectivity index (χ0) is 23.9. The molecule has 4 rings (SSSR count). The smallest absolute Gasteiger partial charge is 0.308 e. The molecule has 0 bridgehead atoms. The van der Waals surface area contributed by atoms with Crippen molar-refractivity contribution in [3.63, 3.8) is 0 Å². The third-order valence-electron chi connectivity index (χ3n) is 6.55. The molecule has 8 heteroatoms. The molecule has 1 amide bonds. The standard InChI is InChI=1S/C26H34FN5O2/c1-31(21-9-4-3-5-10-21)18-8-17-28-26-30-32(2)25(34-26)19-13-15-20(16-14-19)29-24(33)22-11-6-7-12-23(22)27/h6-7,11-16,21,25H,3-5,8-10,17-18H2,1-2H3,(H,28,30)(H,29,33). The first kappa shape index (κ1) is 24.0. The number of anilines is 1. The minimum atomic E-state index is -0.546. The van der Waals surface area contributed by atoms with E-state index in [4.69, 9.17) is 4.74 Å². The van der Waals surface area contributed by atoms with Gasteiger partial charge in [0.1, 0.15) is 5.82 Å². The first-order valence-electron chi connectivity index (χ1n) is 12.1. The molecule has 34 heavy (non-hydrogen) atoms. The van der Waals surface area contributed by atoms with E-state index in [0.717, 1.165) is 31.1 Å². The third kappa shape index (κ3) is 6.05. The molecular formula is C26H34FN5O2. The highest BCUT2D eigenvalue weighted by Crippen LogP contribution is 2.27. The van der Waals surface area contributed by atoms with Crippen LogP contribution in [0.3, 0.4) is 0 Å². The summed E-state index contributed by atoms with van der Waals surface area (Å²) in [5.41, 5.74) is 1.50. The summed E-state index contributed by atoms with van der Waals surface area (Å²) in [5.74, 6) is -1.03. The van der Waals surface area contributed by atoms with Crippen LogP contribution >= 0.6 is 0 Å². The lowest BCUT2D eigenvalue weighted by Gasteiger charge is -2.31. The summed E-state index contributed by atoms with van der Waals surface area (Å²) in [7, 11) is 4.09. The number of amidine groups is 1. The number of halogens is 1. The Morgan fingerprint density at radius 2 is 1.88 bits per heavy atom. The molecule has 1 atom stereocenters.